The van der Waals surface area contributed by atoms with Gasteiger partial charge < -0.3 is 4.79 Å². The summed E-state index contributed by atoms with van der Waals surface area (Å²) < 4.78 is 0. The van der Waals surface area contributed by atoms with Crippen LogP contribution >= 0.6 is 10.0 Å². The van der Waals surface area contributed by atoms with Crippen molar-refractivity contribution < 1.29 is 4.79 Å². The first kappa shape index (κ1) is 10.3. The molecule has 13 heavy (non-hydrogen) atoms. The topological polar surface area (TPSA) is 17.1 Å². The minimum atomic E-state index is -0.623. The third kappa shape index (κ3) is 2.88. The van der Waals surface area contributed by atoms with E-state index in [0.29, 0.717) is 6.42 Å². The van der Waals surface area contributed by atoms with Crippen LogP contribution in [0.2, 0.25) is 0 Å². The summed E-state index contributed by atoms with van der Waals surface area (Å²) >= 11 is 0. The van der Waals surface area contributed by atoms with Crippen LogP contribution < -0.4 is 0 Å². The number of hydrogen-bond acceptors (Lipinski definition) is 1. The van der Waals surface area contributed by atoms with Gasteiger partial charge in [-0.15, -0.1) is 0 Å². The number of benzene rings is 1. The zero-order valence-electron chi connectivity index (χ0n) is 8.41. The normalized spacial score (nSPS) is 12.5. The Labute approximate surface area is 81.5 Å². The van der Waals surface area contributed by atoms with Crippen molar-refractivity contribution in [2.24, 2.45) is 0 Å². The van der Waals surface area contributed by atoms with Crippen LogP contribution in [-0.2, 0) is 11.2 Å². The molecular formula is C11H16OS. The average Bonchev–Trinajstić information content (AvgIpc) is 2.04. The van der Waals surface area contributed by atoms with Crippen molar-refractivity contribution in [3.8, 4) is 0 Å². The third-order valence-electron chi connectivity index (χ3n) is 1.95. The van der Waals surface area contributed by atoms with Crippen molar-refractivity contribution >= 4 is 16.3 Å². The predicted octanol–water partition coefficient (Wildman–Crippen LogP) is 2.48. The highest BCUT2D eigenvalue weighted by atomic mass is 32.3. The molecule has 0 spiro atoms. The van der Waals surface area contributed by atoms with Crippen molar-refractivity contribution in [3.05, 3.63) is 29.8 Å². The van der Waals surface area contributed by atoms with Crippen LogP contribution in [0.4, 0.5) is 0 Å². The van der Waals surface area contributed by atoms with Gasteiger partial charge in [0.25, 0.3) is 0 Å². The molecule has 72 valence electrons. The average molecular weight is 196 g/mol. The maximum Gasteiger partial charge on any atom is 0.124 e. The maximum absolute atomic E-state index is 10.3. The van der Waals surface area contributed by atoms with Crippen molar-refractivity contribution in [1.82, 2.24) is 0 Å². The first-order chi connectivity index (χ1) is 6.04. The Morgan fingerprint density at radius 3 is 2.08 bits per heavy atom. The SMILES string of the molecule is CS(C)(C)c1ccc(CC=O)cc1. The molecule has 0 bridgehead atoms. The maximum atomic E-state index is 10.3. The molecule has 1 aromatic rings. The number of aldehydes is 1. The second-order valence-corrected chi connectivity index (χ2v) is 8.00. The first-order valence-corrected chi connectivity index (χ1v) is 7.11. The van der Waals surface area contributed by atoms with E-state index < -0.39 is 10.0 Å². The summed E-state index contributed by atoms with van der Waals surface area (Å²) in [6, 6.07) is 8.35. The monoisotopic (exact) mass is 196 g/mol. The fourth-order valence-electron chi connectivity index (χ4n) is 1.13. The molecule has 1 aromatic carbocycles. The quantitative estimate of drug-likeness (QED) is 0.679. The zero-order chi connectivity index (χ0) is 9.90. The standard InChI is InChI=1S/C11H16OS/c1-13(2,3)11-6-4-10(5-7-11)8-9-12/h4-7,9H,8H2,1-3H3. The lowest BCUT2D eigenvalue weighted by molar-refractivity contribution is -0.107. The molecule has 0 heterocycles. The molecule has 0 aliphatic heterocycles. The minimum absolute atomic E-state index is 0.528. The van der Waals surface area contributed by atoms with Crippen LogP contribution in [0.25, 0.3) is 0 Å². The lowest BCUT2D eigenvalue weighted by atomic mass is 10.2. The number of carbonyl (C=O) groups excluding carboxylic acids is 1. The summed E-state index contributed by atoms with van der Waals surface area (Å²) in [5, 5.41) is 0. The second-order valence-electron chi connectivity index (χ2n) is 3.85. The Bertz CT molecular complexity index is 282. The van der Waals surface area contributed by atoms with Crippen LogP contribution in [0.1, 0.15) is 5.56 Å². The van der Waals surface area contributed by atoms with Gasteiger partial charge in [0.15, 0.2) is 0 Å². The Kier molecular flexibility index (Phi) is 3.15. The van der Waals surface area contributed by atoms with E-state index in [1.165, 1.54) is 4.90 Å². The van der Waals surface area contributed by atoms with Gasteiger partial charge in [-0.25, -0.2) is 10.0 Å². The highest BCUT2D eigenvalue weighted by molar-refractivity contribution is 8.32. The smallest absolute Gasteiger partial charge is 0.124 e. The fourth-order valence-corrected chi connectivity index (χ4v) is 2.08. The molecule has 0 atom stereocenters. The summed E-state index contributed by atoms with van der Waals surface area (Å²) in [6.45, 7) is 0. The van der Waals surface area contributed by atoms with Crippen LogP contribution in [0, 0.1) is 0 Å². The van der Waals surface area contributed by atoms with Crippen molar-refractivity contribution in [3.63, 3.8) is 0 Å². The van der Waals surface area contributed by atoms with Crippen LogP contribution in [0.5, 0.6) is 0 Å². The van der Waals surface area contributed by atoms with E-state index in [4.69, 9.17) is 0 Å². The lowest BCUT2D eigenvalue weighted by Crippen LogP contribution is -1.93. The minimum Gasteiger partial charge on any atom is -0.303 e. The molecule has 0 aliphatic carbocycles. The molecule has 0 amide bonds. The molecule has 0 unspecified atom stereocenters. The van der Waals surface area contributed by atoms with Gasteiger partial charge in [0.05, 0.1) is 0 Å². The Morgan fingerprint density at radius 1 is 1.15 bits per heavy atom. The Morgan fingerprint density at radius 2 is 1.69 bits per heavy atom. The Balaban J connectivity index is 2.87. The molecule has 1 nitrogen and oxygen atoms in total. The van der Waals surface area contributed by atoms with E-state index in [1.54, 1.807) is 0 Å². The fraction of sp³-hybridized carbons (Fsp3) is 0.364. The molecule has 0 saturated carbocycles. The van der Waals surface area contributed by atoms with Crippen LogP contribution in [-0.4, -0.2) is 25.1 Å². The largest absolute Gasteiger partial charge is 0.303 e. The van der Waals surface area contributed by atoms with E-state index in [1.807, 2.05) is 12.1 Å². The van der Waals surface area contributed by atoms with Gasteiger partial charge in [0, 0.05) is 6.42 Å². The summed E-state index contributed by atoms with van der Waals surface area (Å²) in [7, 11) is -0.623. The Hall–Kier alpha value is -0.760. The summed E-state index contributed by atoms with van der Waals surface area (Å²) in [4.78, 5) is 11.7. The van der Waals surface area contributed by atoms with Gasteiger partial charge in [-0.2, -0.15) is 0 Å². The molecule has 0 aromatic heterocycles. The van der Waals surface area contributed by atoms with Crippen molar-refractivity contribution in [2.45, 2.75) is 11.3 Å². The van der Waals surface area contributed by atoms with Gasteiger partial charge in [0.1, 0.15) is 6.29 Å². The number of rotatable bonds is 3. The molecular weight excluding hydrogens is 180 g/mol. The van der Waals surface area contributed by atoms with Gasteiger partial charge in [-0.05, 0) is 41.4 Å². The molecule has 0 fully saturated rings. The summed E-state index contributed by atoms with van der Waals surface area (Å²) in [6.07, 6.45) is 8.27. The number of carbonyl (C=O) groups is 1. The van der Waals surface area contributed by atoms with Gasteiger partial charge in [0.2, 0.25) is 0 Å². The molecule has 2 heteroatoms. The predicted molar refractivity (Wildman–Crippen MR) is 59.8 cm³/mol. The van der Waals surface area contributed by atoms with Gasteiger partial charge in [-0.3, -0.25) is 0 Å². The molecule has 0 saturated heterocycles. The molecule has 1 rings (SSSR count). The van der Waals surface area contributed by atoms with E-state index in [0.717, 1.165) is 11.8 Å². The first-order valence-electron chi connectivity index (χ1n) is 4.25. The van der Waals surface area contributed by atoms with E-state index in [9.17, 15) is 4.79 Å². The zero-order valence-corrected chi connectivity index (χ0v) is 9.23. The van der Waals surface area contributed by atoms with E-state index in [2.05, 4.69) is 30.9 Å². The number of hydrogen-bond donors (Lipinski definition) is 0. The van der Waals surface area contributed by atoms with Gasteiger partial charge >= 0.3 is 0 Å². The summed E-state index contributed by atoms with van der Waals surface area (Å²) in [5.41, 5.74) is 1.10. The third-order valence-corrected chi connectivity index (χ3v) is 3.64. The lowest BCUT2D eigenvalue weighted by Gasteiger charge is -2.25. The van der Waals surface area contributed by atoms with Gasteiger partial charge in [-0.1, -0.05) is 12.1 Å². The highest BCUT2D eigenvalue weighted by Gasteiger charge is 2.06. The highest BCUT2D eigenvalue weighted by Crippen LogP contribution is 2.44. The molecule has 0 N–H and O–H groups in total. The van der Waals surface area contributed by atoms with Crippen LogP contribution in [0.15, 0.2) is 29.2 Å². The second kappa shape index (κ2) is 3.97. The van der Waals surface area contributed by atoms with E-state index in [-0.39, 0.29) is 0 Å². The van der Waals surface area contributed by atoms with Crippen LogP contribution in [0.3, 0.4) is 0 Å². The van der Waals surface area contributed by atoms with Crippen molar-refractivity contribution in [1.29, 1.82) is 0 Å². The summed E-state index contributed by atoms with van der Waals surface area (Å²) in [5.74, 6) is 0. The molecule has 0 radical (unpaired) electrons. The van der Waals surface area contributed by atoms with E-state index >= 15 is 0 Å². The van der Waals surface area contributed by atoms with Crippen molar-refractivity contribution in [2.75, 3.05) is 18.8 Å². The molecule has 0 aliphatic rings.